The lowest BCUT2D eigenvalue weighted by Crippen LogP contribution is -2.23. The van der Waals surface area contributed by atoms with Crippen LogP contribution in [0.4, 0.5) is 0 Å². The minimum absolute atomic E-state index is 0.130. The van der Waals surface area contributed by atoms with Gasteiger partial charge in [0.05, 0.1) is 16.8 Å². The number of hydrogen-bond acceptors (Lipinski definition) is 2. The highest BCUT2D eigenvalue weighted by molar-refractivity contribution is 9.10. The number of furan rings is 1. The van der Waals surface area contributed by atoms with E-state index in [0.29, 0.717) is 0 Å². The van der Waals surface area contributed by atoms with Crippen LogP contribution in [0.1, 0.15) is 48.3 Å². The first-order valence-corrected chi connectivity index (χ1v) is 8.17. The fraction of sp³-hybridized carbons (Fsp3) is 0.412. The smallest absolute Gasteiger partial charge is 0.139 e. The van der Waals surface area contributed by atoms with Gasteiger partial charge in [0.2, 0.25) is 0 Å². The molecule has 1 aliphatic carbocycles. The first-order chi connectivity index (χ1) is 9.79. The first kappa shape index (κ1) is 13.9. The molecule has 1 atom stereocenters. The van der Waals surface area contributed by atoms with Crippen molar-refractivity contribution in [3.05, 3.63) is 57.5 Å². The van der Waals surface area contributed by atoms with Gasteiger partial charge in [0, 0.05) is 0 Å². The number of aryl methyl sites for hydroxylation is 2. The lowest BCUT2D eigenvalue weighted by Gasteiger charge is -2.18. The van der Waals surface area contributed by atoms with Gasteiger partial charge in [-0.3, -0.25) is 0 Å². The predicted molar refractivity (Wildman–Crippen MR) is 85.0 cm³/mol. The Balaban J connectivity index is 1.94. The van der Waals surface area contributed by atoms with Gasteiger partial charge in [-0.2, -0.15) is 0 Å². The fourth-order valence-electron chi connectivity index (χ4n) is 2.93. The zero-order chi connectivity index (χ0) is 13.9. The van der Waals surface area contributed by atoms with Crippen LogP contribution in [-0.4, -0.2) is 6.54 Å². The van der Waals surface area contributed by atoms with Gasteiger partial charge in [-0.25, -0.2) is 0 Å². The minimum atomic E-state index is 0.130. The Labute approximate surface area is 128 Å². The van der Waals surface area contributed by atoms with E-state index >= 15 is 0 Å². The molecule has 3 rings (SSSR count). The molecule has 106 valence electrons. The van der Waals surface area contributed by atoms with Crippen LogP contribution in [0.2, 0.25) is 0 Å². The van der Waals surface area contributed by atoms with E-state index < -0.39 is 0 Å². The molecule has 3 heteroatoms. The van der Waals surface area contributed by atoms with Crippen LogP contribution >= 0.6 is 15.9 Å². The average molecular weight is 334 g/mol. The third-order valence-corrected chi connectivity index (χ3v) is 4.62. The lowest BCUT2D eigenvalue weighted by atomic mass is 9.99. The van der Waals surface area contributed by atoms with Gasteiger partial charge in [0.1, 0.15) is 5.76 Å². The zero-order valence-electron chi connectivity index (χ0n) is 11.8. The Morgan fingerprint density at radius 1 is 1.25 bits per heavy atom. The molecule has 2 aromatic rings. The van der Waals surface area contributed by atoms with E-state index in [0.717, 1.165) is 23.2 Å². The van der Waals surface area contributed by atoms with Crippen LogP contribution in [0, 0.1) is 0 Å². The lowest BCUT2D eigenvalue weighted by molar-refractivity contribution is 0.444. The van der Waals surface area contributed by atoms with Gasteiger partial charge < -0.3 is 9.73 Å². The van der Waals surface area contributed by atoms with Crippen molar-refractivity contribution < 1.29 is 4.42 Å². The molecule has 0 radical (unpaired) electrons. The molecule has 1 aromatic heterocycles. The number of benzene rings is 1. The van der Waals surface area contributed by atoms with E-state index in [2.05, 4.69) is 46.4 Å². The summed E-state index contributed by atoms with van der Waals surface area (Å²) in [6.07, 6.45) is 6.58. The Morgan fingerprint density at radius 2 is 2.10 bits per heavy atom. The highest BCUT2D eigenvalue weighted by atomic mass is 79.9. The predicted octanol–water partition coefficient (Wildman–Crippen LogP) is 4.62. The van der Waals surface area contributed by atoms with Gasteiger partial charge in [0.25, 0.3) is 0 Å². The monoisotopic (exact) mass is 333 g/mol. The van der Waals surface area contributed by atoms with Gasteiger partial charge in [-0.05, 0) is 70.9 Å². The van der Waals surface area contributed by atoms with Crippen molar-refractivity contribution in [2.75, 3.05) is 6.54 Å². The summed E-state index contributed by atoms with van der Waals surface area (Å²) in [6.45, 7) is 3.17. The topological polar surface area (TPSA) is 25.2 Å². The summed E-state index contributed by atoms with van der Waals surface area (Å²) in [5.41, 5.74) is 4.32. The Morgan fingerprint density at radius 3 is 2.85 bits per heavy atom. The quantitative estimate of drug-likeness (QED) is 0.863. The van der Waals surface area contributed by atoms with Crippen molar-refractivity contribution in [1.29, 1.82) is 0 Å². The molecule has 1 unspecified atom stereocenters. The van der Waals surface area contributed by atoms with Crippen LogP contribution in [0.15, 0.2) is 39.4 Å². The Hall–Kier alpha value is -1.06. The molecule has 1 aliphatic rings. The average Bonchev–Trinajstić information content (AvgIpc) is 3.08. The Bertz CT molecular complexity index is 590. The van der Waals surface area contributed by atoms with Gasteiger partial charge in [0.15, 0.2) is 0 Å². The summed E-state index contributed by atoms with van der Waals surface area (Å²) in [6, 6.07) is 8.97. The molecule has 0 amide bonds. The number of hydrogen-bond donors (Lipinski definition) is 1. The Kier molecular flexibility index (Phi) is 4.27. The normalized spacial score (nSPS) is 15.3. The van der Waals surface area contributed by atoms with Crippen LogP contribution in [0.25, 0.3) is 0 Å². The largest absolute Gasteiger partial charge is 0.466 e. The molecule has 0 saturated carbocycles. The molecule has 2 nitrogen and oxygen atoms in total. The van der Waals surface area contributed by atoms with Crippen molar-refractivity contribution >= 4 is 15.9 Å². The second kappa shape index (κ2) is 6.15. The van der Waals surface area contributed by atoms with Crippen molar-refractivity contribution in [1.82, 2.24) is 5.32 Å². The van der Waals surface area contributed by atoms with E-state index in [4.69, 9.17) is 4.42 Å². The number of fused-ring (bicyclic) bond motifs is 1. The van der Waals surface area contributed by atoms with Crippen molar-refractivity contribution in [3.63, 3.8) is 0 Å². The molecule has 1 heterocycles. The fourth-order valence-corrected chi connectivity index (χ4v) is 3.36. The summed E-state index contributed by atoms with van der Waals surface area (Å²) in [5, 5.41) is 3.60. The maximum absolute atomic E-state index is 5.69. The summed E-state index contributed by atoms with van der Waals surface area (Å²) in [7, 11) is 0. The molecule has 1 aromatic carbocycles. The maximum atomic E-state index is 5.69. The zero-order valence-corrected chi connectivity index (χ0v) is 13.4. The van der Waals surface area contributed by atoms with E-state index in [1.165, 1.54) is 36.0 Å². The molecule has 1 N–H and O–H groups in total. The molecule has 0 spiro atoms. The molecule has 0 saturated heterocycles. The molecule has 0 fully saturated rings. The van der Waals surface area contributed by atoms with Crippen molar-refractivity contribution in [2.45, 2.75) is 38.6 Å². The summed E-state index contributed by atoms with van der Waals surface area (Å²) >= 11 is 3.58. The van der Waals surface area contributed by atoms with E-state index in [9.17, 15) is 0 Å². The standard InChI is InChI=1S/C17H20BrNO/c1-2-9-19-16(17-15(18)8-10-20-17)14-7-6-12-4-3-5-13(12)11-14/h6-8,10-11,16,19H,2-5,9H2,1H3. The van der Waals surface area contributed by atoms with Crippen molar-refractivity contribution in [2.24, 2.45) is 0 Å². The van der Waals surface area contributed by atoms with E-state index in [1.807, 2.05) is 6.07 Å². The SMILES string of the molecule is CCCNC(c1ccc2c(c1)CCC2)c1occc1Br. The first-order valence-electron chi connectivity index (χ1n) is 7.37. The van der Waals surface area contributed by atoms with Crippen LogP contribution in [0.5, 0.6) is 0 Å². The molecular weight excluding hydrogens is 314 g/mol. The van der Waals surface area contributed by atoms with Crippen LogP contribution in [0.3, 0.4) is 0 Å². The van der Waals surface area contributed by atoms with Gasteiger partial charge in [-0.15, -0.1) is 0 Å². The highest BCUT2D eigenvalue weighted by Crippen LogP contribution is 2.32. The number of nitrogens with one attached hydrogen (secondary N) is 1. The number of halogens is 1. The van der Waals surface area contributed by atoms with Crippen molar-refractivity contribution in [3.8, 4) is 0 Å². The molecular formula is C17H20BrNO. The molecule has 20 heavy (non-hydrogen) atoms. The highest BCUT2D eigenvalue weighted by Gasteiger charge is 2.21. The van der Waals surface area contributed by atoms with Gasteiger partial charge >= 0.3 is 0 Å². The van der Waals surface area contributed by atoms with Crippen LogP contribution < -0.4 is 5.32 Å². The minimum Gasteiger partial charge on any atom is -0.466 e. The summed E-state index contributed by atoms with van der Waals surface area (Å²) in [4.78, 5) is 0. The second-order valence-corrected chi connectivity index (χ2v) is 6.26. The maximum Gasteiger partial charge on any atom is 0.139 e. The molecule has 0 aliphatic heterocycles. The van der Waals surface area contributed by atoms with Gasteiger partial charge in [-0.1, -0.05) is 25.1 Å². The number of rotatable bonds is 5. The third kappa shape index (κ3) is 2.70. The van der Waals surface area contributed by atoms with E-state index in [-0.39, 0.29) is 6.04 Å². The van der Waals surface area contributed by atoms with E-state index in [1.54, 1.807) is 6.26 Å². The third-order valence-electron chi connectivity index (χ3n) is 3.96. The summed E-state index contributed by atoms with van der Waals surface area (Å²) < 4.78 is 6.72. The second-order valence-electron chi connectivity index (χ2n) is 5.40. The summed E-state index contributed by atoms with van der Waals surface area (Å²) in [5.74, 6) is 0.969. The molecule has 0 bridgehead atoms. The van der Waals surface area contributed by atoms with Crippen LogP contribution in [-0.2, 0) is 12.8 Å².